The van der Waals surface area contributed by atoms with Crippen LogP contribution in [-0.2, 0) is 19.1 Å². The molecule has 128 valence electrons. The Morgan fingerprint density at radius 1 is 1.14 bits per heavy atom. The van der Waals surface area contributed by atoms with Crippen LogP contribution in [-0.4, -0.2) is 23.9 Å². The fraction of sp³-hybridized carbons (Fsp3) is 0.706. The summed E-state index contributed by atoms with van der Waals surface area (Å²) in [7, 11) is 0. The number of rotatable bonds is 5. The minimum Gasteiger partial charge on any atom is -0.458 e. The van der Waals surface area contributed by atoms with Gasteiger partial charge in [0.1, 0.15) is 6.10 Å². The van der Waals surface area contributed by atoms with E-state index in [9.17, 15) is 14.4 Å². The van der Waals surface area contributed by atoms with Gasteiger partial charge in [0.2, 0.25) is 11.8 Å². The van der Waals surface area contributed by atoms with Crippen LogP contribution in [0.4, 0.5) is 0 Å². The minimum atomic E-state index is -0.211. The molecule has 2 amide bonds. The standard InChI is InChI=1S/C9H16O2.C4H5NO2.C4H10/c1-4-6-7-9(5-2)11-8(3)10;6-3-1-2-4(7)5-3;1-3-4-2/h6-7,9H,4-5H2,1-3H3;1-2H2,(H,5,6,7);3-4H2,1-2H3/b7-6+;;. The maximum atomic E-state index is 10.5. The molecule has 0 saturated carbocycles. The van der Waals surface area contributed by atoms with Gasteiger partial charge in [-0.3, -0.25) is 19.7 Å². The number of carbonyl (C=O) groups is 3. The van der Waals surface area contributed by atoms with Crippen LogP contribution in [0.3, 0.4) is 0 Å². The second kappa shape index (κ2) is 15.7. The van der Waals surface area contributed by atoms with E-state index in [1.54, 1.807) is 0 Å². The highest BCUT2D eigenvalue weighted by Gasteiger charge is 2.15. The van der Waals surface area contributed by atoms with Crippen molar-refractivity contribution in [3.63, 3.8) is 0 Å². The van der Waals surface area contributed by atoms with Crippen molar-refractivity contribution in [1.29, 1.82) is 0 Å². The van der Waals surface area contributed by atoms with Crippen LogP contribution in [0.25, 0.3) is 0 Å². The molecule has 22 heavy (non-hydrogen) atoms. The first-order chi connectivity index (χ1) is 10.4. The van der Waals surface area contributed by atoms with Gasteiger partial charge in [-0.05, 0) is 18.9 Å². The summed E-state index contributed by atoms with van der Waals surface area (Å²) in [6.07, 6.45) is 9.12. The quantitative estimate of drug-likeness (QED) is 0.479. The number of esters is 1. The van der Waals surface area contributed by atoms with Crippen LogP contribution >= 0.6 is 0 Å². The van der Waals surface area contributed by atoms with E-state index in [2.05, 4.69) is 26.1 Å². The van der Waals surface area contributed by atoms with Gasteiger partial charge in [-0.2, -0.15) is 0 Å². The molecule has 0 spiro atoms. The predicted molar refractivity (Wildman–Crippen MR) is 88.2 cm³/mol. The molecule has 1 unspecified atom stereocenters. The van der Waals surface area contributed by atoms with Crippen LogP contribution in [0.1, 0.15) is 73.1 Å². The number of nitrogens with one attached hydrogen (secondary N) is 1. The van der Waals surface area contributed by atoms with Gasteiger partial charge in [0.25, 0.3) is 0 Å². The minimum absolute atomic E-state index is 0.0348. The summed E-state index contributed by atoms with van der Waals surface area (Å²) in [6.45, 7) is 9.84. The molecular formula is C17H31NO4. The zero-order valence-electron chi connectivity index (χ0n) is 14.6. The highest BCUT2D eigenvalue weighted by atomic mass is 16.5. The highest BCUT2D eigenvalue weighted by Crippen LogP contribution is 2.00. The van der Waals surface area contributed by atoms with Gasteiger partial charge < -0.3 is 4.74 Å². The number of carbonyl (C=O) groups excluding carboxylic acids is 3. The fourth-order valence-electron chi connectivity index (χ4n) is 1.27. The third-order valence-corrected chi connectivity index (χ3v) is 2.66. The number of unbranched alkanes of at least 4 members (excludes halogenated alkanes) is 1. The van der Waals surface area contributed by atoms with Crippen LogP contribution in [0.5, 0.6) is 0 Å². The van der Waals surface area contributed by atoms with E-state index in [0.29, 0.717) is 12.8 Å². The highest BCUT2D eigenvalue weighted by molar-refractivity contribution is 6.01. The van der Waals surface area contributed by atoms with Crippen molar-refractivity contribution in [3.8, 4) is 0 Å². The number of hydrogen-bond acceptors (Lipinski definition) is 4. The van der Waals surface area contributed by atoms with Gasteiger partial charge in [-0.15, -0.1) is 0 Å². The lowest BCUT2D eigenvalue weighted by molar-refractivity contribution is -0.144. The molecule has 0 aliphatic carbocycles. The normalized spacial score (nSPS) is 14.4. The molecule has 1 rings (SSSR count). The monoisotopic (exact) mass is 313 g/mol. The Balaban J connectivity index is 0. The molecule has 0 radical (unpaired) electrons. The molecule has 5 heteroatoms. The van der Waals surface area contributed by atoms with Crippen LogP contribution in [0.2, 0.25) is 0 Å². The van der Waals surface area contributed by atoms with Gasteiger partial charge in [-0.1, -0.05) is 46.6 Å². The molecule has 5 nitrogen and oxygen atoms in total. The number of ether oxygens (including phenoxy) is 1. The van der Waals surface area contributed by atoms with Crippen molar-refractivity contribution in [1.82, 2.24) is 5.32 Å². The van der Waals surface area contributed by atoms with E-state index in [1.807, 2.05) is 19.1 Å². The smallest absolute Gasteiger partial charge is 0.303 e. The Morgan fingerprint density at radius 3 is 1.86 bits per heavy atom. The number of imide groups is 1. The maximum absolute atomic E-state index is 10.5. The molecule has 1 saturated heterocycles. The topological polar surface area (TPSA) is 72.5 Å². The summed E-state index contributed by atoms with van der Waals surface area (Å²) >= 11 is 0. The molecule has 1 fully saturated rings. The Hall–Kier alpha value is -1.65. The lowest BCUT2D eigenvalue weighted by atomic mass is 10.2. The van der Waals surface area contributed by atoms with Crippen LogP contribution in [0.15, 0.2) is 12.2 Å². The molecule has 0 bridgehead atoms. The molecule has 1 heterocycles. The van der Waals surface area contributed by atoms with Gasteiger partial charge in [-0.25, -0.2) is 0 Å². The summed E-state index contributed by atoms with van der Waals surface area (Å²) in [5.74, 6) is -0.507. The number of amides is 2. The first kappa shape index (κ1) is 22.6. The van der Waals surface area contributed by atoms with E-state index in [1.165, 1.54) is 19.8 Å². The fourth-order valence-corrected chi connectivity index (χ4v) is 1.27. The van der Waals surface area contributed by atoms with Crippen molar-refractivity contribution >= 4 is 17.8 Å². The van der Waals surface area contributed by atoms with Gasteiger partial charge in [0.15, 0.2) is 0 Å². The van der Waals surface area contributed by atoms with Crippen molar-refractivity contribution < 1.29 is 19.1 Å². The Bertz CT molecular complexity index is 335. The van der Waals surface area contributed by atoms with Crippen LogP contribution in [0, 0.1) is 0 Å². The second-order valence-electron chi connectivity index (χ2n) is 4.86. The van der Waals surface area contributed by atoms with E-state index in [0.717, 1.165) is 12.8 Å². The largest absolute Gasteiger partial charge is 0.458 e. The Labute approximate surface area is 134 Å². The summed E-state index contributed by atoms with van der Waals surface area (Å²) in [5.41, 5.74) is 0. The molecule has 1 N–H and O–H groups in total. The molecule has 1 aliphatic rings. The van der Waals surface area contributed by atoms with E-state index >= 15 is 0 Å². The second-order valence-corrected chi connectivity index (χ2v) is 4.86. The SMILES string of the molecule is CC/C=C/C(CC)OC(C)=O.CCCC.O=C1CCC(=O)N1. The molecule has 1 atom stereocenters. The van der Waals surface area contributed by atoms with Gasteiger partial charge >= 0.3 is 5.97 Å². The average Bonchev–Trinajstić information content (AvgIpc) is 2.87. The lowest BCUT2D eigenvalue weighted by Crippen LogP contribution is -2.18. The predicted octanol–water partition coefficient (Wildman–Crippen LogP) is 3.52. The molecular weight excluding hydrogens is 282 g/mol. The summed E-state index contributed by atoms with van der Waals surface area (Å²) in [6, 6.07) is 0. The van der Waals surface area contributed by atoms with Crippen molar-refractivity contribution in [2.75, 3.05) is 0 Å². The van der Waals surface area contributed by atoms with Crippen molar-refractivity contribution in [2.24, 2.45) is 0 Å². The number of allylic oxidation sites excluding steroid dienone is 1. The van der Waals surface area contributed by atoms with Crippen molar-refractivity contribution in [2.45, 2.75) is 79.2 Å². The van der Waals surface area contributed by atoms with Gasteiger partial charge in [0.05, 0.1) is 0 Å². The zero-order chi connectivity index (χ0) is 17.4. The van der Waals surface area contributed by atoms with Crippen molar-refractivity contribution in [3.05, 3.63) is 12.2 Å². The summed E-state index contributed by atoms with van der Waals surface area (Å²) in [4.78, 5) is 30.8. The zero-order valence-corrected chi connectivity index (χ0v) is 14.6. The first-order valence-electron chi connectivity index (χ1n) is 8.07. The average molecular weight is 313 g/mol. The van der Waals surface area contributed by atoms with E-state index in [4.69, 9.17) is 4.74 Å². The summed E-state index contributed by atoms with van der Waals surface area (Å²) in [5, 5.41) is 2.14. The molecule has 0 aromatic rings. The third-order valence-electron chi connectivity index (χ3n) is 2.66. The van der Waals surface area contributed by atoms with Crippen LogP contribution < -0.4 is 5.32 Å². The lowest BCUT2D eigenvalue weighted by Gasteiger charge is -2.09. The first-order valence-corrected chi connectivity index (χ1v) is 8.07. The summed E-state index contributed by atoms with van der Waals surface area (Å²) < 4.78 is 4.98. The third kappa shape index (κ3) is 16.4. The Kier molecular flexibility index (Phi) is 16.2. The maximum Gasteiger partial charge on any atom is 0.303 e. The Morgan fingerprint density at radius 2 is 1.64 bits per heavy atom. The van der Waals surface area contributed by atoms with E-state index < -0.39 is 0 Å². The van der Waals surface area contributed by atoms with E-state index in [-0.39, 0.29) is 23.9 Å². The molecule has 0 aromatic carbocycles. The van der Waals surface area contributed by atoms with Gasteiger partial charge in [0, 0.05) is 19.8 Å². The molecule has 0 aromatic heterocycles. The molecule has 1 aliphatic heterocycles. The number of hydrogen-bond donors (Lipinski definition) is 1.